The number of rotatable bonds is 7. The maximum atomic E-state index is 5.83. The van der Waals surface area contributed by atoms with E-state index in [0.29, 0.717) is 18.4 Å². The van der Waals surface area contributed by atoms with Gasteiger partial charge in [0.15, 0.2) is 0 Å². The minimum atomic E-state index is 0.486. The van der Waals surface area contributed by atoms with Crippen molar-refractivity contribution >= 4 is 5.82 Å². The third-order valence-electron chi connectivity index (χ3n) is 4.28. The molecule has 0 unspecified atom stereocenters. The molecular formula is C22H20N4O2. The quantitative estimate of drug-likeness (QED) is 0.482. The normalized spacial score (nSPS) is 10.6. The largest absolute Gasteiger partial charge is 0.492 e. The fraction of sp³-hybridized carbons (Fsp3) is 0.136. The molecule has 0 saturated carbocycles. The zero-order valence-corrected chi connectivity index (χ0v) is 15.5. The second-order valence-corrected chi connectivity index (χ2v) is 6.26. The molecule has 0 atom stereocenters. The highest BCUT2D eigenvalue weighted by molar-refractivity contribution is 5.58. The number of pyridine rings is 1. The summed E-state index contributed by atoms with van der Waals surface area (Å²) in [5.74, 6) is 2.71. The molecule has 0 aliphatic carbocycles. The predicted molar refractivity (Wildman–Crippen MR) is 108 cm³/mol. The third-order valence-corrected chi connectivity index (χ3v) is 4.28. The second kappa shape index (κ2) is 8.35. The van der Waals surface area contributed by atoms with Crippen LogP contribution in [0.2, 0.25) is 0 Å². The molecule has 0 N–H and O–H groups in total. The number of hydrogen-bond acceptors (Lipinski definition) is 6. The van der Waals surface area contributed by atoms with Crippen molar-refractivity contribution in [2.24, 2.45) is 0 Å². The van der Waals surface area contributed by atoms with Gasteiger partial charge in [0.05, 0.1) is 6.54 Å². The summed E-state index contributed by atoms with van der Waals surface area (Å²) >= 11 is 0. The molecule has 0 aliphatic rings. The third kappa shape index (κ3) is 4.17. The van der Waals surface area contributed by atoms with E-state index >= 15 is 0 Å². The van der Waals surface area contributed by atoms with Gasteiger partial charge in [-0.3, -0.25) is 0 Å². The summed E-state index contributed by atoms with van der Waals surface area (Å²) in [4.78, 5) is 6.37. The van der Waals surface area contributed by atoms with Crippen LogP contribution < -0.4 is 9.64 Å². The molecule has 2 aromatic heterocycles. The highest BCUT2D eigenvalue weighted by Gasteiger charge is 2.10. The molecule has 4 aromatic rings. The van der Waals surface area contributed by atoms with E-state index in [1.54, 1.807) is 6.20 Å². The first-order valence-corrected chi connectivity index (χ1v) is 9.04. The van der Waals surface area contributed by atoms with E-state index < -0.39 is 0 Å². The Morgan fingerprint density at radius 2 is 1.50 bits per heavy atom. The zero-order chi connectivity index (χ0) is 19.2. The summed E-state index contributed by atoms with van der Waals surface area (Å²) in [7, 11) is 1.99. The van der Waals surface area contributed by atoms with Crippen LogP contribution in [0.5, 0.6) is 5.75 Å². The lowest BCUT2D eigenvalue weighted by Gasteiger charge is -2.18. The Morgan fingerprint density at radius 3 is 2.18 bits per heavy atom. The molecule has 0 amide bonds. The summed E-state index contributed by atoms with van der Waals surface area (Å²) in [6.07, 6.45) is 1.78. The smallest absolute Gasteiger partial charge is 0.248 e. The van der Waals surface area contributed by atoms with E-state index in [9.17, 15) is 0 Å². The molecule has 0 saturated heterocycles. The van der Waals surface area contributed by atoms with Gasteiger partial charge in [0.2, 0.25) is 11.8 Å². The molecule has 6 nitrogen and oxygen atoms in total. The number of hydrogen-bond donors (Lipinski definition) is 0. The average Bonchev–Trinajstić information content (AvgIpc) is 3.26. The van der Waals surface area contributed by atoms with Crippen LogP contribution in [0.4, 0.5) is 5.82 Å². The number of aromatic nitrogens is 3. The number of likely N-dealkylation sites (N-methyl/N-ethyl adjacent to an activating group) is 1. The molecule has 0 aliphatic heterocycles. The van der Waals surface area contributed by atoms with Crippen LogP contribution in [0.15, 0.2) is 83.4 Å². The molecule has 28 heavy (non-hydrogen) atoms. The van der Waals surface area contributed by atoms with Crippen molar-refractivity contribution < 1.29 is 9.15 Å². The molecule has 4 rings (SSSR count). The minimum Gasteiger partial charge on any atom is -0.492 e. The van der Waals surface area contributed by atoms with Gasteiger partial charge in [0, 0.05) is 24.4 Å². The number of anilines is 1. The Labute approximate surface area is 163 Å². The molecule has 140 valence electrons. The molecule has 2 heterocycles. The van der Waals surface area contributed by atoms with Gasteiger partial charge < -0.3 is 14.1 Å². The van der Waals surface area contributed by atoms with Crippen LogP contribution in [-0.4, -0.2) is 35.4 Å². The SMILES string of the molecule is CN(CCOc1ccc(-c2nnc(-c3ccccc3)o2)cc1)c1ccccn1. The lowest BCUT2D eigenvalue weighted by Crippen LogP contribution is -2.24. The van der Waals surface area contributed by atoms with Crippen LogP contribution in [-0.2, 0) is 0 Å². The fourth-order valence-corrected chi connectivity index (χ4v) is 2.73. The predicted octanol–water partition coefficient (Wildman–Crippen LogP) is 4.31. The number of ether oxygens (including phenoxy) is 1. The minimum absolute atomic E-state index is 0.486. The first-order valence-electron chi connectivity index (χ1n) is 9.04. The second-order valence-electron chi connectivity index (χ2n) is 6.26. The maximum absolute atomic E-state index is 5.83. The molecular weight excluding hydrogens is 352 g/mol. The lowest BCUT2D eigenvalue weighted by molar-refractivity contribution is 0.325. The van der Waals surface area contributed by atoms with Crippen molar-refractivity contribution in [3.8, 4) is 28.7 Å². The van der Waals surface area contributed by atoms with Crippen LogP contribution in [0.1, 0.15) is 0 Å². The van der Waals surface area contributed by atoms with Gasteiger partial charge in [0.25, 0.3) is 0 Å². The Hall–Kier alpha value is -3.67. The van der Waals surface area contributed by atoms with Gasteiger partial charge >= 0.3 is 0 Å². The monoisotopic (exact) mass is 372 g/mol. The maximum Gasteiger partial charge on any atom is 0.248 e. The Kier molecular flexibility index (Phi) is 5.29. The van der Waals surface area contributed by atoms with E-state index in [0.717, 1.165) is 29.2 Å². The van der Waals surface area contributed by atoms with Gasteiger partial charge in [-0.1, -0.05) is 24.3 Å². The highest BCUT2D eigenvalue weighted by atomic mass is 16.5. The Morgan fingerprint density at radius 1 is 0.821 bits per heavy atom. The average molecular weight is 372 g/mol. The van der Waals surface area contributed by atoms with Gasteiger partial charge in [-0.25, -0.2) is 4.98 Å². The van der Waals surface area contributed by atoms with Gasteiger partial charge in [-0.2, -0.15) is 0 Å². The molecule has 0 bridgehead atoms. The van der Waals surface area contributed by atoms with E-state index in [1.807, 2.05) is 79.8 Å². The van der Waals surface area contributed by atoms with E-state index in [1.165, 1.54) is 0 Å². The number of benzene rings is 2. The topological polar surface area (TPSA) is 64.3 Å². The van der Waals surface area contributed by atoms with E-state index in [2.05, 4.69) is 20.1 Å². The summed E-state index contributed by atoms with van der Waals surface area (Å²) in [6, 6.07) is 23.2. The van der Waals surface area contributed by atoms with Gasteiger partial charge in [0.1, 0.15) is 18.2 Å². The lowest BCUT2D eigenvalue weighted by atomic mass is 10.2. The summed E-state index contributed by atoms with van der Waals surface area (Å²) in [5, 5.41) is 8.26. The molecule has 6 heteroatoms. The van der Waals surface area contributed by atoms with E-state index in [4.69, 9.17) is 9.15 Å². The van der Waals surface area contributed by atoms with Crippen molar-refractivity contribution in [3.63, 3.8) is 0 Å². The van der Waals surface area contributed by atoms with Crippen LogP contribution in [0, 0.1) is 0 Å². The van der Waals surface area contributed by atoms with Crippen molar-refractivity contribution in [2.45, 2.75) is 0 Å². The van der Waals surface area contributed by atoms with E-state index in [-0.39, 0.29) is 0 Å². The highest BCUT2D eigenvalue weighted by Crippen LogP contribution is 2.25. The summed E-state index contributed by atoms with van der Waals surface area (Å²) < 4.78 is 11.6. The number of nitrogens with zero attached hydrogens (tertiary/aromatic N) is 4. The Balaban J connectivity index is 1.35. The molecule has 0 spiro atoms. The molecule has 2 aromatic carbocycles. The van der Waals surface area contributed by atoms with Crippen molar-refractivity contribution in [2.75, 3.05) is 25.1 Å². The zero-order valence-electron chi connectivity index (χ0n) is 15.5. The van der Waals surface area contributed by atoms with Crippen LogP contribution in [0.3, 0.4) is 0 Å². The van der Waals surface area contributed by atoms with Crippen LogP contribution >= 0.6 is 0 Å². The summed E-state index contributed by atoms with van der Waals surface area (Å²) in [6.45, 7) is 1.30. The molecule has 0 radical (unpaired) electrons. The first kappa shape index (κ1) is 17.7. The van der Waals surface area contributed by atoms with Gasteiger partial charge in [-0.05, 0) is 48.5 Å². The molecule has 0 fully saturated rings. The summed E-state index contributed by atoms with van der Waals surface area (Å²) in [5.41, 5.74) is 1.76. The first-order chi connectivity index (χ1) is 13.8. The fourth-order valence-electron chi connectivity index (χ4n) is 2.73. The van der Waals surface area contributed by atoms with Crippen molar-refractivity contribution in [1.29, 1.82) is 0 Å². The standard InChI is InChI=1S/C22H20N4O2/c1-26(20-9-5-6-14-23-20)15-16-27-19-12-10-18(11-13-19)22-25-24-21(28-22)17-7-3-2-4-8-17/h2-14H,15-16H2,1H3. The van der Waals surface area contributed by atoms with Crippen LogP contribution in [0.25, 0.3) is 22.9 Å². The van der Waals surface area contributed by atoms with Crippen molar-refractivity contribution in [1.82, 2.24) is 15.2 Å². The van der Waals surface area contributed by atoms with Crippen molar-refractivity contribution in [3.05, 3.63) is 79.0 Å². The Bertz CT molecular complexity index is 1000. The van der Waals surface area contributed by atoms with Gasteiger partial charge in [-0.15, -0.1) is 10.2 Å².